The molecule has 0 aromatic heterocycles. The molecule has 0 saturated carbocycles. The van der Waals surface area contributed by atoms with Crippen LogP contribution in [0.2, 0.25) is 0 Å². The van der Waals surface area contributed by atoms with Crippen molar-refractivity contribution >= 4 is 33.6 Å². The van der Waals surface area contributed by atoms with Crippen molar-refractivity contribution < 1.29 is 14.3 Å². The Labute approximate surface area is 161 Å². The molecule has 2 aromatic carbocycles. The van der Waals surface area contributed by atoms with Crippen LogP contribution in [-0.2, 0) is 4.79 Å². The summed E-state index contributed by atoms with van der Waals surface area (Å²) in [5.74, 6) is 2.17. The molecule has 6 heteroatoms. The first-order valence-corrected chi connectivity index (χ1v) is 9.71. The average Bonchev–Trinajstić information content (AvgIpc) is 2.62. The van der Waals surface area contributed by atoms with Gasteiger partial charge in [-0.2, -0.15) is 0 Å². The third-order valence-electron chi connectivity index (χ3n) is 3.71. The molecule has 2 aromatic rings. The van der Waals surface area contributed by atoms with E-state index in [1.165, 1.54) is 0 Å². The van der Waals surface area contributed by atoms with Crippen LogP contribution in [0.15, 0.2) is 51.8 Å². The molecule has 0 heterocycles. The predicted molar refractivity (Wildman–Crippen MR) is 106 cm³/mol. The minimum Gasteiger partial charge on any atom is -0.497 e. The average molecular weight is 424 g/mol. The number of methoxy groups -OCH3 is 2. The van der Waals surface area contributed by atoms with Gasteiger partial charge in [-0.15, -0.1) is 11.8 Å². The Bertz CT molecular complexity index is 724. The van der Waals surface area contributed by atoms with Gasteiger partial charge in [0.2, 0.25) is 5.91 Å². The summed E-state index contributed by atoms with van der Waals surface area (Å²) >= 11 is 5.18. The molecule has 0 aliphatic heterocycles. The van der Waals surface area contributed by atoms with Crippen LogP contribution in [0.1, 0.15) is 24.9 Å². The first-order chi connectivity index (χ1) is 12.0. The highest BCUT2D eigenvalue weighted by molar-refractivity contribution is 9.10. The summed E-state index contributed by atoms with van der Waals surface area (Å²) in [5.41, 5.74) is 0.926. The quantitative estimate of drug-likeness (QED) is 0.617. The maximum Gasteiger partial charge on any atom is 0.221 e. The zero-order valence-electron chi connectivity index (χ0n) is 14.5. The molecule has 1 unspecified atom stereocenters. The first kappa shape index (κ1) is 19.7. The van der Waals surface area contributed by atoms with Gasteiger partial charge in [-0.3, -0.25) is 4.79 Å². The van der Waals surface area contributed by atoms with Crippen LogP contribution in [0.4, 0.5) is 0 Å². The highest BCUT2D eigenvalue weighted by atomic mass is 79.9. The first-order valence-electron chi connectivity index (χ1n) is 7.93. The number of hydrogen-bond acceptors (Lipinski definition) is 4. The van der Waals surface area contributed by atoms with Gasteiger partial charge in [-0.25, -0.2) is 0 Å². The molecule has 2 rings (SSSR count). The molecule has 134 valence electrons. The van der Waals surface area contributed by atoms with E-state index in [0.717, 1.165) is 26.4 Å². The Morgan fingerprint density at radius 1 is 1.20 bits per heavy atom. The van der Waals surface area contributed by atoms with Gasteiger partial charge >= 0.3 is 0 Å². The number of ether oxygens (including phenoxy) is 2. The molecule has 1 atom stereocenters. The fourth-order valence-electron chi connectivity index (χ4n) is 2.38. The van der Waals surface area contributed by atoms with Gasteiger partial charge in [0.05, 0.1) is 20.3 Å². The monoisotopic (exact) mass is 423 g/mol. The maximum absolute atomic E-state index is 12.2. The summed E-state index contributed by atoms with van der Waals surface area (Å²) in [6, 6.07) is 13.5. The molecule has 0 radical (unpaired) electrons. The van der Waals surface area contributed by atoms with E-state index < -0.39 is 0 Å². The molecule has 0 fully saturated rings. The van der Waals surface area contributed by atoms with E-state index in [9.17, 15) is 4.79 Å². The number of carbonyl (C=O) groups is 1. The number of thioether (sulfide) groups is 1. The van der Waals surface area contributed by atoms with Crippen LogP contribution in [0.5, 0.6) is 11.5 Å². The second kappa shape index (κ2) is 9.73. The lowest BCUT2D eigenvalue weighted by atomic mass is 10.1. The number of hydrogen-bond donors (Lipinski definition) is 1. The number of carbonyl (C=O) groups excluding carboxylic acids is 1. The largest absolute Gasteiger partial charge is 0.497 e. The van der Waals surface area contributed by atoms with E-state index in [2.05, 4.69) is 21.2 Å². The van der Waals surface area contributed by atoms with Gasteiger partial charge in [0.1, 0.15) is 11.5 Å². The van der Waals surface area contributed by atoms with Gasteiger partial charge in [-0.05, 0) is 47.1 Å². The van der Waals surface area contributed by atoms with Crippen LogP contribution in [0.25, 0.3) is 0 Å². The molecule has 0 spiro atoms. The van der Waals surface area contributed by atoms with Crippen LogP contribution in [0.3, 0.4) is 0 Å². The number of benzene rings is 2. The van der Waals surface area contributed by atoms with Crippen LogP contribution >= 0.6 is 27.7 Å². The van der Waals surface area contributed by atoms with Crippen molar-refractivity contribution in [2.24, 2.45) is 0 Å². The Morgan fingerprint density at radius 3 is 2.64 bits per heavy atom. The topological polar surface area (TPSA) is 47.6 Å². The van der Waals surface area contributed by atoms with Crippen molar-refractivity contribution in [2.75, 3.05) is 20.0 Å². The van der Waals surface area contributed by atoms with Crippen molar-refractivity contribution in [3.8, 4) is 11.5 Å². The minimum absolute atomic E-state index is 0.0184. The lowest BCUT2D eigenvalue weighted by molar-refractivity contribution is -0.121. The van der Waals surface area contributed by atoms with E-state index in [1.807, 2.05) is 49.4 Å². The van der Waals surface area contributed by atoms with Crippen LogP contribution < -0.4 is 14.8 Å². The second-order valence-corrected chi connectivity index (χ2v) is 7.42. The zero-order valence-corrected chi connectivity index (χ0v) is 16.9. The Morgan fingerprint density at radius 2 is 1.96 bits per heavy atom. The van der Waals surface area contributed by atoms with Gasteiger partial charge in [-0.1, -0.05) is 12.1 Å². The van der Waals surface area contributed by atoms with E-state index in [4.69, 9.17) is 9.47 Å². The van der Waals surface area contributed by atoms with Gasteiger partial charge < -0.3 is 14.8 Å². The Kier molecular flexibility index (Phi) is 7.65. The standard InChI is InChI=1S/C19H22BrNO3S/c1-13(15-9-8-14(23-2)12-17(15)24-3)21-19(22)10-11-25-18-7-5-4-6-16(18)20/h4-9,12-13H,10-11H2,1-3H3,(H,21,22). The highest BCUT2D eigenvalue weighted by Crippen LogP contribution is 2.30. The molecular formula is C19H22BrNO3S. The fourth-order valence-corrected chi connectivity index (χ4v) is 3.90. The number of rotatable bonds is 8. The van der Waals surface area contributed by atoms with E-state index in [-0.39, 0.29) is 11.9 Å². The fraction of sp³-hybridized carbons (Fsp3) is 0.316. The van der Waals surface area contributed by atoms with E-state index in [0.29, 0.717) is 12.2 Å². The number of nitrogens with one attached hydrogen (secondary N) is 1. The second-order valence-electron chi connectivity index (χ2n) is 5.43. The summed E-state index contributed by atoms with van der Waals surface area (Å²) in [5, 5.41) is 3.02. The van der Waals surface area contributed by atoms with Crippen LogP contribution in [0, 0.1) is 0 Å². The number of halogens is 1. The van der Waals surface area contributed by atoms with Gasteiger partial charge in [0.25, 0.3) is 0 Å². The molecule has 4 nitrogen and oxygen atoms in total. The van der Waals surface area contributed by atoms with E-state index in [1.54, 1.807) is 26.0 Å². The van der Waals surface area contributed by atoms with E-state index >= 15 is 0 Å². The van der Waals surface area contributed by atoms with Gasteiger partial charge in [0, 0.05) is 33.2 Å². The molecule has 25 heavy (non-hydrogen) atoms. The normalized spacial score (nSPS) is 11.7. The smallest absolute Gasteiger partial charge is 0.221 e. The predicted octanol–water partition coefficient (Wildman–Crippen LogP) is 4.83. The highest BCUT2D eigenvalue weighted by Gasteiger charge is 2.15. The van der Waals surface area contributed by atoms with Crippen molar-refractivity contribution in [2.45, 2.75) is 24.3 Å². The molecular weight excluding hydrogens is 402 g/mol. The van der Waals surface area contributed by atoms with Crippen LogP contribution in [-0.4, -0.2) is 25.9 Å². The number of amides is 1. The lowest BCUT2D eigenvalue weighted by Crippen LogP contribution is -2.27. The molecule has 0 aliphatic carbocycles. The maximum atomic E-state index is 12.2. The van der Waals surface area contributed by atoms with Crippen molar-refractivity contribution in [3.05, 3.63) is 52.5 Å². The van der Waals surface area contributed by atoms with Gasteiger partial charge in [0.15, 0.2) is 0 Å². The molecule has 1 amide bonds. The minimum atomic E-state index is -0.137. The Balaban J connectivity index is 1.89. The molecule has 1 N–H and O–H groups in total. The summed E-state index contributed by atoms with van der Waals surface area (Å²) in [6.07, 6.45) is 0.453. The Hall–Kier alpha value is -1.66. The summed E-state index contributed by atoms with van der Waals surface area (Å²) in [7, 11) is 3.23. The molecule has 0 bridgehead atoms. The summed E-state index contributed by atoms with van der Waals surface area (Å²) < 4.78 is 11.7. The lowest BCUT2D eigenvalue weighted by Gasteiger charge is -2.18. The zero-order chi connectivity index (χ0) is 18.2. The summed E-state index contributed by atoms with van der Waals surface area (Å²) in [4.78, 5) is 13.4. The van der Waals surface area contributed by atoms with Crippen molar-refractivity contribution in [1.82, 2.24) is 5.32 Å². The van der Waals surface area contributed by atoms with Crippen molar-refractivity contribution in [1.29, 1.82) is 0 Å². The molecule has 0 aliphatic rings. The third kappa shape index (κ3) is 5.68. The van der Waals surface area contributed by atoms with Crippen molar-refractivity contribution in [3.63, 3.8) is 0 Å². The SMILES string of the molecule is COc1ccc(C(C)NC(=O)CCSc2ccccc2Br)c(OC)c1. The third-order valence-corrected chi connectivity index (χ3v) is 5.74. The molecule has 0 saturated heterocycles. The summed E-state index contributed by atoms with van der Waals surface area (Å²) in [6.45, 7) is 1.95.